The van der Waals surface area contributed by atoms with Crippen LogP contribution >= 0.6 is 23.4 Å². The molecule has 0 N–H and O–H groups in total. The number of benzene rings is 2. The number of thioether (sulfide) groups is 1. The lowest BCUT2D eigenvalue weighted by Crippen LogP contribution is -2.31. The van der Waals surface area contributed by atoms with Gasteiger partial charge in [0.1, 0.15) is 5.82 Å². The fourth-order valence-corrected chi connectivity index (χ4v) is 5.07. The van der Waals surface area contributed by atoms with Crippen LogP contribution in [0.15, 0.2) is 47.5 Å². The zero-order valence-corrected chi connectivity index (χ0v) is 19.8. The minimum absolute atomic E-state index is 0.197. The molecule has 2 heterocycles. The maximum atomic E-state index is 14.5. The smallest absolute Gasteiger partial charge is 0.293 e. The van der Waals surface area contributed by atoms with E-state index in [-0.39, 0.29) is 29.4 Å². The third-order valence-corrected chi connectivity index (χ3v) is 6.75. The molecule has 3 aromatic rings. The van der Waals surface area contributed by atoms with E-state index >= 15 is 0 Å². The SMILES string of the molecule is CCc1cccc2c(/C=C3\SC(=O)N(CC(C)C)C3=O)cn(Cc3c(F)cccc3Cl)c12. The van der Waals surface area contributed by atoms with Crippen LogP contribution < -0.4 is 0 Å². The molecule has 0 bridgehead atoms. The molecule has 0 aliphatic carbocycles. The molecule has 1 fully saturated rings. The summed E-state index contributed by atoms with van der Waals surface area (Å²) in [5.41, 5.74) is 3.32. The molecule has 4 nitrogen and oxygen atoms in total. The second kappa shape index (κ2) is 9.12. The first-order valence-corrected chi connectivity index (χ1v) is 11.8. The van der Waals surface area contributed by atoms with Crippen molar-refractivity contribution < 1.29 is 14.0 Å². The molecule has 0 spiro atoms. The maximum absolute atomic E-state index is 14.5. The van der Waals surface area contributed by atoms with Crippen molar-refractivity contribution in [1.82, 2.24) is 9.47 Å². The van der Waals surface area contributed by atoms with Gasteiger partial charge in [-0.1, -0.05) is 56.6 Å². The molecule has 0 unspecified atom stereocenters. The third kappa shape index (κ3) is 4.21. The van der Waals surface area contributed by atoms with Gasteiger partial charge >= 0.3 is 0 Å². The highest BCUT2D eigenvalue weighted by Gasteiger charge is 2.35. The van der Waals surface area contributed by atoms with Gasteiger partial charge in [0.25, 0.3) is 11.1 Å². The number of hydrogen-bond donors (Lipinski definition) is 0. The Hall–Kier alpha value is -2.57. The predicted molar refractivity (Wildman–Crippen MR) is 129 cm³/mol. The molecule has 7 heteroatoms. The van der Waals surface area contributed by atoms with Crippen LogP contribution in [-0.4, -0.2) is 27.2 Å². The summed E-state index contributed by atoms with van der Waals surface area (Å²) in [5.74, 6) is -0.425. The predicted octanol–water partition coefficient (Wildman–Crippen LogP) is 6.74. The van der Waals surface area contributed by atoms with E-state index in [1.807, 2.05) is 42.8 Å². The number of carbonyl (C=O) groups is 2. The van der Waals surface area contributed by atoms with Crippen molar-refractivity contribution in [2.45, 2.75) is 33.7 Å². The van der Waals surface area contributed by atoms with E-state index in [1.54, 1.807) is 18.2 Å². The van der Waals surface area contributed by atoms with Crippen molar-refractivity contribution in [3.8, 4) is 0 Å². The number of aryl methyl sites for hydroxylation is 1. The number of amides is 2. The van der Waals surface area contributed by atoms with Crippen LogP contribution in [0.2, 0.25) is 5.02 Å². The lowest BCUT2D eigenvalue weighted by atomic mass is 10.1. The number of carbonyl (C=O) groups excluding carboxylic acids is 2. The second-order valence-corrected chi connectivity index (χ2v) is 9.67. The van der Waals surface area contributed by atoms with Gasteiger partial charge < -0.3 is 4.57 Å². The van der Waals surface area contributed by atoms with E-state index in [1.165, 1.54) is 11.0 Å². The minimum atomic E-state index is -0.357. The quantitative estimate of drug-likeness (QED) is 0.375. The first-order valence-electron chi connectivity index (χ1n) is 10.6. The van der Waals surface area contributed by atoms with E-state index in [0.717, 1.165) is 40.2 Å². The van der Waals surface area contributed by atoms with Gasteiger partial charge in [0, 0.05) is 34.3 Å². The summed E-state index contributed by atoms with van der Waals surface area (Å²) < 4.78 is 16.5. The van der Waals surface area contributed by atoms with Crippen molar-refractivity contribution >= 4 is 51.5 Å². The topological polar surface area (TPSA) is 42.3 Å². The number of rotatable bonds is 6. The molecule has 4 rings (SSSR count). The van der Waals surface area contributed by atoms with Crippen LogP contribution in [0.4, 0.5) is 9.18 Å². The van der Waals surface area contributed by atoms with E-state index < -0.39 is 0 Å². The fourth-order valence-electron chi connectivity index (χ4n) is 4.01. The fraction of sp³-hybridized carbons (Fsp3) is 0.280. The Labute approximate surface area is 196 Å². The van der Waals surface area contributed by atoms with E-state index in [0.29, 0.717) is 22.0 Å². The number of aromatic nitrogens is 1. The molecule has 166 valence electrons. The average molecular weight is 471 g/mol. The average Bonchev–Trinajstić information content (AvgIpc) is 3.23. The van der Waals surface area contributed by atoms with Crippen LogP contribution in [0.1, 0.15) is 37.5 Å². The number of nitrogens with zero attached hydrogens (tertiary/aromatic N) is 2. The zero-order valence-electron chi connectivity index (χ0n) is 18.2. The molecule has 1 saturated heterocycles. The molecule has 32 heavy (non-hydrogen) atoms. The number of halogens is 2. The highest BCUT2D eigenvalue weighted by molar-refractivity contribution is 8.18. The monoisotopic (exact) mass is 470 g/mol. The summed E-state index contributed by atoms with van der Waals surface area (Å²) in [6.07, 6.45) is 4.48. The Morgan fingerprint density at radius 1 is 1.16 bits per heavy atom. The molecule has 0 radical (unpaired) electrons. The highest BCUT2D eigenvalue weighted by Crippen LogP contribution is 2.35. The molecule has 2 amide bonds. The Kier molecular flexibility index (Phi) is 6.45. The lowest BCUT2D eigenvalue weighted by Gasteiger charge is -2.14. The first kappa shape index (κ1) is 22.6. The van der Waals surface area contributed by atoms with E-state index in [4.69, 9.17) is 11.6 Å². The van der Waals surface area contributed by atoms with Crippen molar-refractivity contribution in [2.24, 2.45) is 5.92 Å². The molecule has 0 atom stereocenters. The molecular formula is C25H24ClFN2O2S. The summed E-state index contributed by atoms with van der Waals surface area (Å²) in [6, 6.07) is 10.7. The van der Waals surface area contributed by atoms with Crippen LogP contribution in [0, 0.1) is 11.7 Å². The number of hydrogen-bond acceptors (Lipinski definition) is 3. The third-order valence-electron chi connectivity index (χ3n) is 5.49. The van der Waals surface area contributed by atoms with Crippen LogP contribution in [0.5, 0.6) is 0 Å². The van der Waals surface area contributed by atoms with Crippen molar-refractivity contribution in [1.29, 1.82) is 0 Å². The van der Waals surface area contributed by atoms with Gasteiger partial charge in [-0.25, -0.2) is 4.39 Å². The number of imide groups is 1. The lowest BCUT2D eigenvalue weighted by molar-refractivity contribution is -0.123. The zero-order chi connectivity index (χ0) is 23.0. The first-order chi connectivity index (χ1) is 15.3. The summed E-state index contributed by atoms with van der Waals surface area (Å²) >= 11 is 7.25. The van der Waals surface area contributed by atoms with Crippen molar-refractivity contribution in [3.63, 3.8) is 0 Å². The molecule has 2 aromatic carbocycles. The van der Waals surface area contributed by atoms with Gasteiger partial charge in [-0.15, -0.1) is 0 Å². The Balaban J connectivity index is 1.81. The van der Waals surface area contributed by atoms with Gasteiger partial charge in [0.2, 0.25) is 0 Å². The molecule has 0 saturated carbocycles. The normalized spacial score (nSPS) is 15.7. The standard InChI is InChI=1S/C25H24ClFN2O2S/c1-4-16-7-5-8-18-17(11-22-24(30)29(12-15(2)3)25(31)32-22)13-28(23(16)18)14-19-20(26)9-6-10-21(19)27/h5-11,13,15H,4,12,14H2,1-3H3/b22-11-. The number of para-hydroxylation sites is 1. The minimum Gasteiger partial charge on any atom is -0.342 e. The maximum Gasteiger partial charge on any atom is 0.293 e. The largest absolute Gasteiger partial charge is 0.342 e. The van der Waals surface area contributed by atoms with Crippen LogP contribution in [0.3, 0.4) is 0 Å². The molecule has 1 aliphatic heterocycles. The highest BCUT2D eigenvalue weighted by atomic mass is 35.5. The van der Waals surface area contributed by atoms with Crippen molar-refractivity contribution in [3.05, 3.63) is 75.0 Å². The van der Waals surface area contributed by atoms with Crippen LogP contribution in [-0.2, 0) is 17.8 Å². The molecule has 1 aliphatic rings. The van der Waals surface area contributed by atoms with Gasteiger partial charge in [0.15, 0.2) is 0 Å². The number of fused-ring (bicyclic) bond motifs is 1. The molecule has 1 aromatic heterocycles. The van der Waals surface area contributed by atoms with E-state index in [2.05, 4.69) is 6.92 Å². The van der Waals surface area contributed by atoms with Gasteiger partial charge in [-0.3, -0.25) is 14.5 Å². The second-order valence-electron chi connectivity index (χ2n) is 8.27. The Morgan fingerprint density at radius 3 is 2.59 bits per heavy atom. The summed E-state index contributed by atoms with van der Waals surface area (Å²) in [4.78, 5) is 26.9. The van der Waals surface area contributed by atoms with Gasteiger partial charge in [-0.2, -0.15) is 0 Å². The van der Waals surface area contributed by atoms with Gasteiger partial charge in [0.05, 0.1) is 17.0 Å². The van der Waals surface area contributed by atoms with E-state index in [9.17, 15) is 14.0 Å². The van der Waals surface area contributed by atoms with Crippen molar-refractivity contribution in [2.75, 3.05) is 6.54 Å². The van der Waals surface area contributed by atoms with Gasteiger partial charge in [-0.05, 0) is 47.9 Å². The summed E-state index contributed by atoms with van der Waals surface area (Å²) in [5, 5.41) is 1.08. The summed E-state index contributed by atoms with van der Waals surface area (Å²) in [7, 11) is 0. The summed E-state index contributed by atoms with van der Waals surface area (Å²) in [6.45, 7) is 6.68. The Morgan fingerprint density at radius 2 is 1.91 bits per heavy atom. The van der Waals surface area contributed by atoms with Crippen LogP contribution in [0.25, 0.3) is 17.0 Å². The Bertz CT molecular complexity index is 1230. The molecular weight excluding hydrogens is 447 g/mol.